The van der Waals surface area contributed by atoms with Gasteiger partial charge in [0.15, 0.2) is 0 Å². The highest BCUT2D eigenvalue weighted by Crippen LogP contribution is 2.29. The number of hydrogen-bond donors (Lipinski definition) is 2. The largest absolute Gasteiger partial charge is 0.345 e. The first-order valence-corrected chi connectivity index (χ1v) is 9.77. The van der Waals surface area contributed by atoms with E-state index < -0.39 is 0 Å². The fourth-order valence-electron chi connectivity index (χ4n) is 2.84. The maximum Gasteiger partial charge on any atom is 0.343 e. The molecule has 0 aliphatic carbocycles. The number of rotatable bonds is 7. The summed E-state index contributed by atoms with van der Waals surface area (Å²) in [6.45, 7) is 0.374. The summed E-state index contributed by atoms with van der Waals surface area (Å²) in [6, 6.07) is 11.3. The van der Waals surface area contributed by atoms with E-state index in [0.717, 1.165) is 15.3 Å². The van der Waals surface area contributed by atoms with Crippen LogP contribution in [-0.2, 0) is 13.0 Å². The van der Waals surface area contributed by atoms with E-state index in [1.54, 1.807) is 20.2 Å². The molecule has 2 heterocycles. The molecule has 7 nitrogen and oxygen atoms in total. The Morgan fingerprint density at radius 1 is 1.34 bits per heavy atom. The van der Waals surface area contributed by atoms with Crippen LogP contribution in [0.3, 0.4) is 0 Å². The summed E-state index contributed by atoms with van der Waals surface area (Å²) in [5.74, 6) is 0.368. The fraction of sp³-hybridized carbons (Fsp3) is 0.250. The molecule has 1 amide bonds. The molecule has 0 aliphatic rings. The number of carbonyl (C=O) groups is 1. The van der Waals surface area contributed by atoms with Crippen LogP contribution < -0.4 is 11.4 Å². The second-order valence-electron chi connectivity index (χ2n) is 6.73. The van der Waals surface area contributed by atoms with Gasteiger partial charge in [-0.1, -0.05) is 12.1 Å². The number of thiophene rings is 1. The smallest absolute Gasteiger partial charge is 0.343 e. The number of amides is 1. The molecular formula is C20H22FN5O2S. The van der Waals surface area contributed by atoms with Gasteiger partial charge in [0.25, 0.3) is 5.91 Å². The second kappa shape index (κ2) is 8.97. The Morgan fingerprint density at radius 3 is 2.83 bits per heavy atom. The van der Waals surface area contributed by atoms with Gasteiger partial charge in [0.1, 0.15) is 5.82 Å². The molecule has 0 unspecified atom stereocenters. The minimum Gasteiger partial charge on any atom is -0.345 e. The predicted molar refractivity (Wildman–Crippen MR) is 112 cm³/mol. The quantitative estimate of drug-likeness (QED) is 0.619. The molecule has 0 spiro atoms. The maximum atomic E-state index is 12.8. The van der Waals surface area contributed by atoms with E-state index in [4.69, 9.17) is 5.73 Å². The summed E-state index contributed by atoms with van der Waals surface area (Å²) in [4.78, 5) is 27.8. The summed E-state index contributed by atoms with van der Waals surface area (Å²) < 4.78 is 14.3. The standard InChI is InChI=1S/C20H22FN5O2S/c1-25(2)19(27)15-5-3-4-14(9-15)17-7-6-16(29-17)12-26-18(23-24-20(26)28)8-13(10-21)11-22/h3-7,9-10H,8,11-12,22H2,1-2H3,(H,24,28)/b13-10+. The van der Waals surface area contributed by atoms with Gasteiger partial charge in [-0.2, -0.15) is 5.10 Å². The van der Waals surface area contributed by atoms with Crippen LogP contribution in [-0.4, -0.2) is 46.2 Å². The third-order valence-corrected chi connectivity index (χ3v) is 5.53. The summed E-state index contributed by atoms with van der Waals surface area (Å²) in [7, 11) is 3.43. The van der Waals surface area contributed by atoms with Crippen molar-refractivity contribution in [1.82, 2.24) is 19.7 Å². The molecule has 0 saturated heterocycles. The molecule has 1 aromatic carbocycles. The van der Waals surface area contributed by atoms with Gasteiger partial charge < -0.3 is 10.6 Å². The zero-order valence-corrected chi connectivity index (χ0v) is 17.0. The summed E-state index contributed by atoms with van der Waals surface area (Å²) in [5, 5.41) is 6.39. The van der Waals surface area contributed by atoms with E-state index in [0.29, 0.717) is 29.8 Å². The van der Waals surface area contributed by atoms with E-state index in [9.17, 15) is 14.0 Å². The average molecular weight is 415 g/mol. The van der Waals surface area contributed by atoms with Gasteiger partial charge in [-0.15, -0.1) is 11.3 Å². The van der Waals surface area contributed by atoms with Crippen molar-refractivity contribution >= 4 is 17.2 Å². The first kappa shape index (κ1) is 20.7. The van der Waals surface area contributed by atoms with Crippen molar-refractivity contribution in [1.29, 1.82) is 0 Å². The van der Waals surface area contributed by atoms with Gasteiger partial charge in [0, 0.05) is 42.4 Å². The summed E-state index contributed by atoms with van der Waals surface area (Å²) in [5.41, 5.74) is 7.05. The minimum atomic E-state index is -0.358. The van der Waals surface area contributed by atoms with Gasteiger partial charge in [0.05, 0.1) is 12.9 Å². The zero-order valence-electron chi connectivity index (χ0n) is 16.2. The van der Waals surface area contributed by atoms with Crippen molar-refractivity contribution in [3.8, 4) is 10.4 Å². The van der Waals surface area contributed by atoms with Crippen molar-refractivity contribution in [3.63, 3.8) is 0 Å². The van der Waals surface area contributed by atoms with Crippen LogP contribution >= 0.6 is 11.3 Å². The lowest BCUT2D eigenvalue weighted by Crippen LogP contribution is -2.21. The normalized spacial score (nSPS) is 11.7. The van der Waals surface area contributed by atoms with Crippen LogP contribution in [0.25, 0.3) is 10.4 Å². The zero-order chi connectivity index (χ0) is 21.0. The fourth-order valence-corrected chi connectivity index (χ4v) is 3.84. The SMILES string of the molecule is CN(C)C(=O)c1cccc(-c2ccc(Cn3c(C/C(=C\F)CN)n[nH]c3=O)s2)c1. The number of nitrogens with one attached hydrogen (secondary N) is 1. The number of halogens is 1. The molecule has 0 radical (unpaired) electrons. The molecule has 0 atom stereocenters. The van der Waals surface area contributed by atoms with Gasteiger partial charge >= 0.3 is 5.69 Å². The Balaban J connectivity index is 1.84. The van der Waals surface area contributed by atoms with Crippen molar-refractivity contribution in [2.45, 2.75) is 13.0 Å². The predicted octanol–water partition coefficient (Wildman–Crippen LogP) is 2.40. The molecule has 0 bridgehead atoms. The second-order valence-corrected chi connectivity index (χ2v) is 7.89. The third kappa shape index (κ3) is 4.69. The number of carbonyl (C=O) groups excluding carboxylic acids is 1. The Bertz CT molecular complexity index is 1100. The lowest BCUT2D eigenvalue weighted by molar-refractivity contribution is 0.0827. The monoisotopic (exact) mass is 415 g/mol. The van der Waals surface area contributed by atoms with Gasteiger partial charge in [0.2, 0.25) is 0 Å². The molecule has 3 rings (SSSR count). The highest BCUT2D eigenvalue weighted by atomic mass is 32.1. The summed E-state index contributed by atoms with van der Waals surface area (Å²) >= 11 is 1.52. The van der Waals surface area contributed by atoms with Crippen molar-refractivity contribution in [2.75, 3.05) is 20.6 Å². The Labute approximate surface area is 171 Å². The molecule has 9 heteroatoms. The van der Waals surface area contributed by atoms with Crippen LogP contribution in [0.2, 0.25) is 0 Å². The number of nitrogens with two attached hydrogens (primary N) is 1. The molecule has 0 fully saturated rings. The van der Waals surface area contributed by atoms with Crippen LogP contribution in [0.4, 0.5) is 4.39 Å². The van der Waals surface area contributed by atoms with Gasteiger partial charge in [-0.3, -0.25) is 9.36 Å². The Hall–Kier alpha value is -3.04. The highest BCUT2D eigenvalue weighted by molar-refractivity contribution is 7.15. The first-order valence-electron chi connectivity index (χ1n) is 8.96. The lowest BCUT2D eigenvalue weighted by atomic mass is 10.1. The van der Waals surface area contributed by atoms with Crippen LogP contribution in [0.1, 0.15) is 21.1 Å². The molecular weight excluding hydrogens is 393 g/mol. The van der Waals surface area contributed by atoms with Crippen LogP contribution in [0, 0.1) is 0 Å². The number of hydrogen-bond acceptors (Lipinski definition) is 5. The van der Waals surface area contributed by atoms with Crippen molar-refractivity contribution in [3.05, 3.63) is 75.1 Å². The number of benzene rings is 1. The van der Waals surface area contributed by atoms with E-state index in [1.807, 2.05) is 30.3 Å². The number of nitrogens with zero attached hydrogens (tertiary/aromatic N) is 3. The average Bonchev–Trinajstić information content (AvgIpc) is 3.33. The minimum absolute atomic E-state index is 0.0582. The maximum absolute atomic E-state index is 12.8. The number of H-pyrrole nitrogens is 1. The Kier molecular flexibility index (Phi) is 6.40. The van der Waals surface area contributed by atoms with Crippen molar-refractivity contribution in [2.24, 2.45) is 5.73 Å². The van der Waals surface area contributed by atoms with E-state index in [2.05, 4.69) is 10.2 Å². The van der Waals surface area contributed by atoms with Gasteiger partial charge in [-0.05, 0) is 35.4 Å². The highest BCUT2D eigenvalue weighted by Gasteiger charge is 2.13. The molecule has 29 heavy (non-hydrogen) atoms. The molecule has 152 valence electrons. The first-order chi connectivity index (χ1) is 13.9. The molecule has 3 aromatic rings. The van der Waals surface area contributed by atoms with Crippen LogP contribution in [0.15, 0.2) is 53.1 Å². The lowest BCUT2D eigenvalue weighted by Gasteiger charge is -2.10. The third-order valence-electron chi connectivity index (χ3n) is 4.41. The summed E-state index contributed by atoms with van der Waals surface area (Å²) in [6.07, 6.45) is 0.618. The number of aromatic amines is 1. The van der Waals surface area contributed by atoms with E-state index in [1.165, 1.54) is 20.8 Å². The molecule has 3 N–H and O–H groups in total. The van der Waals surface area contributed by atoms with E-state index in [-0.39, 0.29) is 24.6 Å². The molecule has 2 aromatic heterocycles. The van der Waals surface area contributed by atoms with E-state index >= 15 is 0 Å². The molecule has 0 aliphatic heterocycles. The van der Waals surface area contributed by atoms with Crippen molar-refractivity contribution < 1.29 is 9.18 Å². The van der Waals surface area contributed by atoms with Gasteiger partial charge in [-0.25, -0.2) is 14.3 Å². The Morgan fingerprint density at radius 2 is 2.14 bits per heavy atom. The van der Waals surface area contributed by atoms with Crippen LogP contribution in [0.5, 0.6) is 0 Å². The number of aromatic nitrogens is 3. The topological polar surface area (TPSA) is 97.0 Å². The molecule has 0 saturated carbocycles.